The quantitative estimate of drug-likeness (QED) is 0.738. The third kappa shape index (κ3) is 4.73. The minimum absolute atomic E-state index is 0.209. The van der Waals surface area contributed by atoms with Crippen LogP contribution >= 0.6 is 0 Å². The minimum atomic E-state index is 0.209. The highest BCUT2D eigenvalue weighted by Gasteiger charge is 2.26. The molecule has 0 aliphatic carbocycles. The van der Waals surface area contributed by atoms with Gasteiger partial charge < -0.3 is 10.2 Å². The second-order valence-corrected chi connectivity index (χ2v) is 7.38. The van der Waals surface area contributed by atoms with Gasteiger partial charge in [0.05, 0.1) is 0 Å². The summed E-state index contributed by atoms with van der Waals surface area (Å²) in [6, 6.07) is 19.1. The van der Waals surface area contributed by atoms with Crippen LogP contribution in [0.1, 0.15) is 42.6 Å². The van der Waals surface area contributed by atoms with E-state index in [2.05, 4.69) is 47.5 Å². The molecule has 3 heteroatoms. The summed E-state index contributed by atoms with van der Waals surface area (Å²) in [7, 11) is 0. The van der Waals surface area contributed by atoms with Gasteiger partial charge in [-0.15, -0.1) is 0 Å². The van der Waals surface area contributed by atoms with Crippen LogP contribution in [0.5, 0.6) is 0 Å². The summed E-state index contributed by atoms with van der Waals surface area (Å²) >= 11 is 0. The van der Waals surface area contributed by atoms with Crippen molar-refractivity contribution in [3.63, 3.8) is 0 Å². The SMILES string of the molecule is CCC(=O)c1ccccc1NC1CCN(CCc2ccccc2)CC1C. The topological polar surface area (TPSA) is 32.3 Å². The number of rotatable bonds is 7. The van der Waals surface area contributed by atoms with Crippen molar-refractivity contribution in [2.45, 2.75) is 39.2 Å². The lowest BCUT2D eigenvalue weighted by atomic mass is 9.92. The Balaban J connectivity index is 1.55. The summed E-state index contributed by atoms with van der Waals surface area (Å²) in [6.07, 6.45) is 2.77. The lowest BCUT2D eigenvalue weighted by molar-refractivity contribution is 0.0988. The maximum Gasteiger partial charge on any atom is 0.164 e. The van der Waals surface area contributed by atoms with E-state index in [1.807, 2.05) is 31.2 Å². The molecule has 0 saturated carbocycles. The Morgan fingerprint density at radius 3 is 2.58 bits per heavy atom. The molecule has 2 unspecified atom stereocenters. The molecule has 0 bridgehead atoms. The number of ketones is 1. The van der Waals surface area contributed by atoms with Crippen LogP contribution in [0.15, 0.2) is 54.6 Å². The van der Waals surface area contributed by atoms with E-state index in [1.54, 1.807) is 0 Å². The van der Waals surface area contributed by atoms with Crippen LogP contribution in [-0.4, -0.2) is 36.4 Å². The standard InChI is InChI=1S/C23H30N2O/c1-3-23(26)20-11-7-8-12-22(20)24-21-14-16-25(17-18(21)2)15-13-19-9-5-4-6-10-19/h4-12,18,21,24H,3,13-17H2,1-2H3. The van der Waals surface area contributed by atoms with E-state index in [-0.39, 0.29) is 5.78 Å². The van der Waals surface area contributed by atoms with Crippen molar-refractivity contribution >= 4 is 11.5 Å². The summed E-state index contributed by atoms with van der Waals surface area (Å²) in [5.74, 6) is 0.769. The van der Waals surface area contributed by atoms with Gasteiger partial charge in [-0.1, -0.05) is 56.3 Å². The minimum Gasteiger partial charge on any atom is -0.381 e. The summed E-state index contributed by atoms with van der Waals surface area (Å²) in [4.78, 5) is 14.7. The maximum atomic E-state index is 12.2. The number of para-hydroxylation sites is 1. The highest BCUT2D eigenvalue weighted by atomic mass is 16.1. The molecule has 1 fully saturated rings. The van der Waals surface area contributed by atoms with Gasteiger partial charge in [0.25, 0.3) is 0 Å². The van der Waals surface area contributed by atoms with E-state index < -0.39 is 0 Å². The van der Waals surface area contributed by atoms with Crippen LogP contribution in [0.2, 0.25) is 0 Å². The zero-order valence-corrected chi connectivity index (χ0v) is 15.9. The molecule has 1 heterocycles. The number of hydrogen-bond donors (Lipinski definition) is 1. The monoisotopic (exact) mass is 350 g/mol. The number of Topliss-reactive ketones (excluding diaryl/α,β-unsaturated/α-hetero) is 1. The number of nitrogens with zero attached hydrogens (tertiary/aromatic N) is 1. The predicted molar refractivity (Wildman–Crippen MR) is 109 cm³/mol. The first-order chi connectivity index (χ1) is 12.7. The number of carbonyl (C=O) groups is 1. The van der Waals surface area contributed by atoms with Crippen molar-refractivity contribution in [3.8, 4) is 0 Å². The summed E-state index contributed by atoms with van der Waals surface area (Å²) in [5.41, 5.74) is 3.23. The Labute approximate surface area is 157 Å². The van der Waals surface area contributed by atoms with Crippen LogP contribution in [0, 0.1) is 5.92 Å². The number of likely N-dealkylation sites (tertiary alicyclic amines) is 1. The van der Waals surface area contributed by atoms with Gasteiger partial charge in [-0.25, -0.2) is 0 Å². The first-order valence-electron chi connectivity index (χ1n) is 9.82. The number of anilines is 1. The molecule has 0 spiro atoms. The fourth-order valence-electron chi connectivity index (χ4n) is 3.82. The Kier molecular flexibility index (Phi) is 6.45. The van der Waals surface area contributed by atoms with E-state index >= 15 is 0 Å². The molecule has 1 aliphatic rings. The van der Waals surface area contributed by atoms with Crippen molar-refractivity contribution in [2.75, 3.05) is 25.0 Å². The first-order valence-corrected chi connectivity index (χ1v) is 9.82. The number of benzene rings is 2. The fourth-order valence-corrected chi connectivity index (χ4v) is 3.82. The molecule has 0 amide bonds. The Bertz CT molecular complexity index is 713. The van der Waals surface area contributed by atoms with Gasteiger partial charge in [0.15, 0.2) is 5.78 Å². The smallest absolute Gasteiger partial charge is 0.164 e. The van der Waals surface area contributed by atoms with Gasteiger partial charge in [-0.05, 0) is 36.5 Å². The Morgan fingerprint density at radius 1 is 1.12 bits per heavy atom. The van der Waals surface area contributed by atoms with E-state index in [4.69, 9.17) is 0 Å². The van der Waals surface area contributed by atoms with Crippen molar-refractivity contribution in [2.24, 2.45) is 5.92 Å². The summed E-state index contributed by atoms with van der Waals surface area (Å²) in [5, 5.41) is 3.66. The van der Waals surface area contributed by atoms with Crippen molar-refractivity contribution in [1.29, 1.82) is 0 Å². The number of nitrogens with one attached hydrogen (secondary N) is 1. The first kappa shape index (κ1) is 18.7. The molecule has 0 aromatic heterocycles. The van der Waals surface area contributed by atoms with Gasteiger partial charge in [0, 0.05) is 43.3 Å². The van der Waals surface area contributed by atoms with Crippen LogP contribution in [0.4, 0.5) is 5.69 Å². The highest BCUT2D eigenvalue weighted by molar-refractivity contribution is 6.01. The van der Waals surface area contributed by atoms with E-state index in [1.165, 1.54) is 5.56 Å². The molecule has 2 aromatic rings. The van der Waals surface area contributed by atoms with Crippen LogP contribution in [0.25, 0.3) is 0 Å². The average molecular weight is 351 g/mol. The second kappa shape index (κ2) is 9.00. The second-order valence-electron chi connectivity index (χ2n) is 7.38. The van der Waals surface area contributed by atoms with Gasteiger partial charge in [0.2, 0.25) is 0 Å². The van der Waals surface area contributed by atoms with Crippen molar-refractivity contribution in [3.05, 3.63) is 65.7 Å². The highest BCUT2D eigenvalue weighted by Crippen LogP contribution is 2.24. The zero-order chi connectivity index (χ0) is 18.4. The van der Waals surface area contributed by atoms with E-state index in [0.29, 0.717) is 18.4 Å². The van der Waals surface area contributed by atoms with Crippen LogP contribution < -0.4 is 5.32 Å². The Morgan fingerprint density at radius 2 is 1.85 bits per heavy atom. The third-order valence-electron chi connectivity index (χ3n) is 5.44. The van der Waals surface area contributed by atoms with Crippen LogP contribution in [-0.2, 0) is 6.42 Å². The van der Waals surface area contributed by atoms with E-state index in [9.17, 15) is 4.79 Å². The number of carbonyl (C=O) groups excluding carboxylic acids is 1. The molecule has 1 N–H and O–H groups in total. The predicted octanol–water partition coefficient (Wildman–Crippen LogP) is 4.64. The maximum absolute atomic E-state index is 12.2. The third-order valence-corrected chi connectivity index (χ3v) is 5.44. The summed E-state index contributed by atoms with van der Waals surface area (Å²) in [6.45, 7) is 7.57. The Hall–Kier alpha value is -2.13. The molecule has 26 heavy (non-hydrogen) atoms. The fraction of sp³-hybridized carbons (Fsp3) is 0.435. The lowest BCUT2D eigenvalue weighted by Crippen LogP contribution is -2.45. The molecule has 1 aliphatic heterocycles. The molecule has 0 radical (unpaired) electrons. The van der Waals surface area contributed by atoms with Crippen LogP contribution in [0.3, 0.4) is 0 Å². The number of piperidine rings is 1. The molecule has 2 aromatic carbocycles. The largest absolute Gasteiger partial charge is 0.381 e. The molecule has 3 rings (SSSR count). The number of hydrogen-bond acceptors (Lipinski definition) is 3. The molecule has 138 valence electrons. The van der Waals surface area contributed by atoms with Crippen molar-refractivity contribution < 1.29 is 4.79 Å². The summed E-state index contributed by atoms with van der Waals surface area (Å²) < 4.78 is 0. The molecule has 2 atom stereocenters. The van der Waals surface area contributed by atoms with Gasteiger partial charge in [-0.2, -0.15) is 0 Å². The molecular weight excluding hydrogens is 320 g/mol. The average Bonchev–Trinajstić information content (AvgIpc) is 2.69. The van der Waals surface area contributed by atoms with Gasteiger partial charge in [0.1, 0.15) is 0 Å². The lowest BCUT2D eigenvalue weighted by Gasteiger charge is -2.38. The van der Waals surface area contributed by atoms with Crippen molar-refractivity contribution in [1.82, 2.24) is 4.90 Å². The normalized spacial score (nSPS) is 20.7. The zero-order valence-electron chi connectivity index (χ0n) is 15.9. The molecular formula is C23H30N2O. The molecule has 3 nitrogen and oxygen atoms in total. The van der Waals surface area contributed by atoms with Gasteiger partial charge >= 0.3 is 0 Å². The van der Waals surface area contributed by atoms with Gasteiger partial charge in [-0.3, -0.25) is 4.79 Å². The molecule has 1 saturated heterocycles. The van der Waals surface area contributed by atoms with E-state index in [0.717, 1.165) is 43.7 Å².